The molecule has 0 aliphatic rings. The molecule has 0 fully saturated rings. The lowest BCUT2D eigenvalue weighted by Gasteiger charge is -2.12. The van der Waals surface area contributed by atoms with E-state index in [1.54, 1.807) is 12.1 Å². The van der Waals surface area contributed by atoms with Crippen LogP contribution in [0.2, 0.25) is 5.02 Å². The second kappa shape index (κ2) is 8.13. The first-order chi connectivity index (χ1) is 11.9. The molecule has 0 spiro atoms. The summed E-state index contributed by atoms with van der Waals surface area (Å²) in [7, 11) is 0. The van der Waals surface area contributed by atoms with Gasteiger partial charge in [-0.05, 0) is 30.3 Å². The Labute approximate surface area is 148 Å². The average molecular weight is 362 g/mol. The van der Waals surface area contributed by atoms with Crippen molar-refractivity contribution in [3.05, 3.63) is 63.9 Å². The van der Waals surface area contributed by atoms with Crippen molar-refractivity contribution in [2.24, 2.45) is 5.73 Å². The van der Waals surface area contributed by atoms with Crippen LogP contribution in [-0.2, 0) is 11.3 Å². The van der Waals surface area contributed by atoms with E-state index in [0.29, 0.717) is 11.1 Å². The number of rotatable bonds is 6. The fraction of sp³-hybridized carbons (Fsp3) is 0.118. The predicted octanol–water partition coefficient (Wildman–Crippen LogP) is 2.14. The molecule has 0 aliphatic heterocycles. The van der Waals surface area contributed by atoms with Gasteiger partial charge < -0.3 is 15.8 Å². The Morgan fingerprint density at radius 2 is 2.04 bits per heavy atom. The van der Waals surface area contributed by atoms with E-state index in [-0.39, 0.29) is 29.5 Å². The zero-order chi connectivity index (χ0) is 18.4. The number of carbonyl (C=O) groups is 2. The van der Waals surface area contributed by atoms with Crippen LogP contribution in [0, 0.1) is 17.1 Å². The maximum Gasteiger partial charge on any atom is 0.255 e. The van der Waals surface area contributed by atoms with Crippen molar-refractivity contribution < 1.29 is 18.7 Å². The van der Waals surface area contributed by atoms with Gasteiger partial charge in [-0.1, -0.05) is 17.7 Å². The van der Waals surface area contributed by atoms with Crippen LogP contribution in [0.4, 0.5) is 4.39 Å². The molecule has 8 heteroatoms. The van der Waals surface area contributed by atoms with Gasteiger partial charge in [0.15, 0.2) is 6.61 Å². The van der Waals surface area contributed by atoms with Crippen LogP contribution in [0.3, 0.4) is 0 Å². The molecule has 2 amide bonds. The molecule has 0 radical (unpaired) electrons. The molecule has 0 unspecified atom stereocenters. The zero-order valence-corrected chi connectivity index (χ0v) is 13.6. The minimum absolute atomic E-state index is 0.0631. The maximum atomic E-state index is 13.1. The summed E-state index contributed by atoms with van der Waals surface area (Å²) in [4.78, 5) is 23.0. The molecule has 0 atom stereocenters. The topological polar surface area (TPSA) is 105 Å². The van der Waals surface area contributed by atoms with E-state index in [1.165, 1.54) is 18.2 Å². The highest BCUT2D eigenvalue weighted by molar-refractivity contribution is 6.31. The largest absolute Gasteiger partial charge is 0.483 e. The highest BCUT2D eigenvalue weighted by Gasteiger charge is 2.11. The van der Waals surface area contributed by atoms with E-state index in [1.807, 2.05) is 6.07 Å². The van der Waals surface area contributed by atoms with Crippen molar-refractivity contribution in [1.29, 1.82) is 5.26 Å². The summed E-state index contributed by atoms with van der Waals surface area (Å²) in [5.41, 5.74) is 6.11. The second-order valence-electron chi connectivity index (χ2n) is 5.00. The van der Waals surface area contributed by atoms with E-state index in [4.69, 9.17) is 27.3 Å². The Morgan fingerprint density at radius 3 is 2.68 bits per heavy atom. The first-order valence-corrected chi connectivity index (χ1v) is 7.46. The SMILES string of the molecule is N#Cc1ccc(CNC(=O)c2ccc(F)c(Cl)c2)c(OCC(N)=O)c1. The van der Waals surface area contributed by atoms with Crippen molar-refractivity contribution in [3.63, 3.8) is 0 Å². The summed E-state index contributed by atoms with van der Waals surface area (Å²) in [6.07, 6.45) is 0. The summed E-state index contributed by atoms with van der Waals surface area (Å²) in [5.74, 6) is -1.49. The summed E-state index contributed by atoms with van der Waals surface area (Å²) in [6.45, 7) is -0.295. The third kappa shape index (κ3) is 4.93. The molecule has 0 saturated heterocycles. The molecular formula is C17H13ClFN3O3. The molecule has 2 aromatic carbocycles. The van der Waals surface area contributed by atoms with Crippen molar-refractivity contribution in [1.82, 2.24) is 5.32 Å². The van der Waals surface area contributed by atoms with Gasteiger partial charge in [-0.3, -0.25) is 9.59 Å². The van der Waals surface area contributed by atoms with Gasteiger partial charge in [0.2, 0.25) is 0 Å². The molecule has 0 aromatic heterocycles. The number of primary amides is 1. The van der Waals surface area contributed by atoms with Crippen LogP contribution in [0.1, 0.15) is 21.5 Å². The number of nitrogens with two attached hydrogens (primary N) is 1. The molecule has 6 nitrogen and oxygen atoms in total. The van der Waals surface area contributed by atoms with Gasteiger partial charge >= 0.3 is 0 Å². The fourth-order valence-corrected chi connectivity index (χ4v) is 2.15. The second-order valence-corrected chi connectivity index (χ2v) is 5.41. The van der Waals surface area contributed by atoms with Crippen LogP contribution in [0.5, 0.6) is 5.75 Å². The number of amides is 2. The van der Waals surface area contributed by atoms with Gasteiger partial charge in [0, 0.05) is 17.7 Å². The predicted molar refractivity (Wildman–Crippen MR) is 88.4 cm³/mol. The Hall–Kier alpha value is -3.11. The minimum atomic E-state index is -0.668. The molecule has 2 aromatic rings. The van der Waals surface area contributed by atoms with E-state index in [0.717, 1.165) is 6.07 Å². The fourth-order valence-electron chi connectivity index (χ4n) is 1.97. The quantitative estimate of drug-likeness (QED) is 0.822. The number of halogens is 2. The Kier molecular flexibility index (Phi) is 5.93. The minimum Gasteiger partial charge on any atom is -0.483 e. The summed E-state index contributed by atoms with van der Waals surface area (Å²) in [5, 5.41) is 11.4. The molecule has 2 rings (SSSR count). The van der Waals surface area contributed by atoms with Gasteiger partial charge in [-0.2, -0.15) is 5.26 Å². The Balaban J connectivity index is 2.13. The Bertz CT molecular complexity index is 865. The smallest absolute Gasteiger partial charge is 0.255 e. The molecule has 128 valence electrons. The van der Waals surface area contributed by atoms with Crippen molar-refractivity contribution in [2.75, 3.05) is 6.61 Å². The Morgan fingerprint density at radius 1 is 1.28 bits per heavy atom. The molecule has 3 N–H and O–H groups in total. The molecule has 0 heterocycles. The number of nitrogens with one attached hydrogen (secondary N) is 1. The third-order valence-corrected chi connectivity index (χ3v) is 3.48. The first-order valence-electron chi connectivity index (χ1n) is 7.08. The van der Waals surface area contributed by atoms with Crippen LogP contribution >= 0.6 is 11.6 Å². The van der Waals surface area contributed by atoms with Gasteiger partial charge in [-0.15, -0.1) is 0 Å². The summed E-state index contributed by atoms with van der Waals surface area (Å²) in [6, 6.07) is 10.2. The number of benzene rings is 2. The monoisotopic (exact) mass is 361 g/mol. The average Bonchev–Trinajstić information content (AvgIpc) is 2.60. The van der Waals surface area contributed by atoms with Gasteiger partial charge in [0.1, 0.15) is 11.6 Å². The number of ether oxygens (including phenoxy) is 1. The van der Waals surface area contributed by atoms with Gasteiger partial charge in [0.25, 0.3) is 11.8 Å². The molecule has 0 bridgehead atoms. The van der Waals surface area contributed by atoms with Crippen molar-refractivity contribution in [3.8, 4) is 11.8 Å². The number of hydrogen-bond donors (Lipinski definition) is 2. The molecule has 25 heavy (non-hydrogen) atoms. The van der Waals surface area contributed by atoms with Crippen molar-refractivity contribution >= 4 is 23.4 Å². The summed E-state index contributed by atoms with van der Waals surface area (Å²) >= 11 is 5.66. The van der Waals surface area contributed by atoms with Crippen LogP contribution in [-0.4, -0.2) is 18.4 Å². The van der Waals surface area contributed by atoms with E-state index >= 15 is 0 Å². The highest BCUT2D eigenvalue weighted by Crippen LogP contribution is 2.21. The van der Waals surface area contributed by atoms with Crippen molar-refractivity contribution in [2.45, 2.75) is 6.54 Å². The first kappa shape index (κ1) is 18.2. The highest BCUT2D eigenvalue weighted by atomic mass is 35.5. The number of hydrogen-bond acceptors (Lipinski definition) is 4. The number of nitrogens with zero attached hydrogens (tertiary/aromatic N) is 1. The lowest BCUT2D eigenvalue weighted by molar-refractivity contribution is -0.119. The molecule has 0 aliphatic carbocycles. The standard InChI is InChI=1S/C17H13ClFN3O3/c18-13-6-11(3-4-14(13)19)17(24)22-8-12-2-1-10(7-20)5-15(12)25-9-16(21)23/h1-6H,8-9H2,(H2,21,23)(H,22,24). The lowest BCUT2D eigenvalue weighted by atomic mass is 10.1. The van der Waals surface area contributed by atoms with E-state index in [9.17, 15) is 14.0 Å². The normalized spacial score (nSPS) is 9.96. The van der Waals surface area contributed by atoms with E-state index in [2.05, 4.69) is 5.32 Å². The number of nitriles is 1. The molecule has 0 saturated carbocycles. The van der Waals surface area contributed by atoms with Crippen LogP contribution in [0.25, 0.3) is 0 Å². The van der Waals surface area contributed by atoms with Crippen LogP contribution < -0.4 is 15.8 Å². The van der Waals surface area contributed by atoms with Crippen LogP contribution in [0.15, 0.2) is 36.4 Å². The van der Waals surface area contributed by atoms with Gasteiger partial charge in [-0.25, -0.2) is 4.39 Å². The number of carbonyl (C=O) groups excluding carboxylic acids is 2. The summed E-state index contributed by atoms with van der Waals surface area (Å²) < 4.78 is 18.4. The lowest BCUT2D eigenvalue weighted by Crippen LogP contribution is -2.24. The maximum absolute atomic E-state index is 13.1. The van der Waals surface area contributed by atoms with Gasteiger partial charge in [0.05, 0.1) is 16.7 Å². The molecular weight excluding hydrogens is 349 g/mol. The zero-order valence-electron chi connectivity index (χ0n) is 12.9. The third-order valence-electron chi connectivity index (χ3n) is 3.19. The van der Waals surface area contributed by atoms with E-state index < -0.39 is 17.6 Å².